The van der Waals surface area contributed by atoms with Crippen LogP contribution in [0, 0.1) is 0 Å². The van der Waals surface area contributed by atoms with Crippen molar-refractivity contribution >= 4 is 22.9 Å². The van der Waals surface area contributed by atoms with E-state index in [0.717, 1.165) is 43.1 Å². The van der Waals surface area contributed by atoms with Gasteiger partial charge in [0.15, 0.2) is 5.58 Å². The highest BCUT2D eigenvalue weighted by molar-refractivity contribution is 5.74. The van der Waals surface area contributed by atoms with E-state index in [1.807, 2.05) is 24.3 Å². The third kappa shape index (κ3) is 2.29. The molecule has 3 heterocycles. The molecule has 0 saturated carbocycles. The fourth-order valence-corrected chi connectivity index (χ4v) is 2.58. The minimum Gasteiger partial charge on any atom is -0.423 e. The van der Waals surface area contributed by atoms with E-state index in [-0.39, 0.29) is 0 Å². The number of oxazole rings is 1. The van der Waals surface area contributed by atoms with Crippen molar-refractivity contribution in [1.29, 1.82) is 0 Å². The molecule has 0 radical (unpaired) electrons. The summed E-state index contributed by atoms with van der Waals surface area (Å²) in [6, 6.07) is 8.55. The van der Waals surface area contributed by atoms with Crippen LogP contribution in [0.5, 0.6) is 0 Å². The second-order valence-electron chi connectivity index (χ2n) is 5.00. The van der Waals surface area contributed by atoms with Crippen LogP contribution in [0.4, 0.5) is 11.8 Å². The van der Waals surface area contributed by atoms with Gasteiger partial charge in [-0.25, -0.2) is 4.98 Å². The molecule has 3 aromatic rings. The van der Waals surface area contributed by atoms with Crippen LogP contribution in [0.1, 0.15) is 0 Å². The Bertz CT molecular complexity index is 701. The summed E-state index contributed by atoms with van der Waals surface area (Å²) in [5.41, 5.74) is 1.74. The topological polar surface area (TPSA) is 58.3 Å². The lowest BCUT2D eigenvalue weighted by Crippen LogP contribution is -2.47. The van der Waals surface area contributed by atoms with Crippen molar-refractivity contribution in [3.8, 4) is 0 Å². The summed E-state index contributed by atoms with van der Waals surface area (Å²) >= 11 is 0. The number of hydrogen-bond donors (Lipinski definition) is 0. The zero-order chi connectivity index (χ0) is 14.1. The van der Waals surface area contributed by atoms with Crippen LogP contribution in [0.15, 0.2) is 47.3 Å². The van der Waals surface area contributed by atoms with Gasteiger partial charge in [0.1, 0.15) is 11.3 Å². The number of rotatable bonds is 2. The molecule has 2 aromatic heterocycles. The highest BCUT2D eigenvalue weighted by Crippen LogP contribution is 2.23. The highest BCUT2D eigenvalue weighted by Gasteiger charge is 2.21. The van der Waals surface area contributed by atoms with Crippen molar-refractivity contribution < 1.29 is 4.42 Å². The maximum Gasteiger partial charge on any atom is 0.298 e. The number of fused-ring (bicyclic) bond motifs is 1. The van der Waals surface area contributed by atoms with Crippen LogP contribution in [0.3, 0.4) is 0 Å². The normalized spacial score (nSPS) is 15.6. The summed E-state index contributed by atoms with van der Waals surface area (Å²) in [5, 5.41) is 0. The van der Waals surface area contributed by atoms with E-state index in [4.69, 9.17) is 4.42 Å². The SMILES string of the molecule is c1ccc2oc(N3CCN(c4cnccn4)CC3)nc2c1. The maximum absolute atomic E-state index is 5.82. The van der Waals surface area contributed by atoms with E-state index in [1.54, 1.807) is 18.6 Å². The Morgan fingerprint density at radius 3 is 2.52 bits per heavy atom. The number of nitrogens with zero attached hydrogens (tertiary/aromatic N) is 5. The molecule has 0 bridgehead atoms. The fraction of sp³-hybridized carbons (Fsp3) is 0.267. The van der Waals surface area contributed by atoms with E-state index in [9.17, 15) is 0 Å². The lowest BCUT2D eigenvalue weighted by Gasteiger charge is -2.34. The Hall–Kier alpha value is -2.63. The molecule has 6 heteroatoms. The summed E-state index contributed by atoms with van der Waals surface area (Å²) < 4.78 is 5.82. The van der Waals surface area contributed by atoms with E-state index < -0.39 is 0 Å². The van der Waals surface area contributed by atoms with Gasteiger partial charge < -0.3 is 14.2 Å². The molecule has 0 spiro atoms. The van der Waals surface area contributed by atoms with Crippen LogP contribution >= 0.6 is 0 Å². The third-order valence-electron chi connectivity index (χ3n) is 3.71. The van der Waals surface area contributed by atoms with Crippen molar-refractivity contribution in [2.75, 3.05) is 36.0 Å². The summed E-state index contributed by atoms with van der Waals surface area (Å²) in [5.74, 6) is 0.926. The van der Waals surface area contributed by atoms with Gasteiger partial charge in [0.25, 0.3) is 6.01 Å². The zero-order valence-corrected chi connectivity index (χ0v) is 11.5. The molecule has 0 atom stereocenters. The van der Waals surface area contributed by atoms with Gasteiger partial charge in [0, 0.05) is 38.6 Å². The standard InChI is InChI=1S/C15H15N5O/c1-2-4-13-12(3-1)18-15(21-13)20-9-7-19(8-10-20)14-11-16-5-6-17-14/h1-6,11H,7-10H2. The molecule has 6 nitrogen and oxygen atoms in total. The minimum atomic E-state index is 0.704. The molecule has 1 fully saturated rings. The lowest BCUT2D eigenvalue weighted by atomic mass is 10.3. The van der Waals surface area contributed by atoms with Gasteiger partial charge in [0.05, 0.1) is 6.20 Å². The van der Waals surface area contributed by atoms with E-state index >= 15 is 0 Å². The van der Waals surface area contributed by atoms with Crippen LogP contribution in [0.2, 0.25) is 0 Å². The number of anilines is 2. The maximum atomic E-state index is 5.82. The first kappa shape index (κ1) is 12.1. The molecular weight excluding hydrogens is 266 g/mol. The summed E-state index contributed by atoms with van der Waals surface area (Å²) in [6.07, 6.45) is 5.22. The Balaban J connectivity index is 1.50. The van der Waals surface area contributed by atoms with Gasteiger partial charge in [0.2, 0.25) is 0 Å². The number of para-hydroxylation sites is 2. The fourth-order valence-electron chi connectivity index (χ4n) is 2.58. The number of aromatic nitrogens is 3. The Kier molecular flexibility index (Phi) is 2.92. The van der Waals surface area contributed by atoms with Crippen LogP contribution < -0.4 is 9.80 Å². The first-order chi connectivity index (χ1) is 10.4. The van der Waals surface area contributed by atoms with Gasteiger partial charge in [-0.2, -0.15) is 4.98 Å². The third-order valence-corrected chi connectivity index (χ3v) is 3.71. The monoisotopic (exact) mass is 281 g/mol. The van der Waals surface area contributed by atoms with Crippen molar-refractivity contribution in [3.05, 3.63) is 42.9 Å². The lowest BCUT2D eigenvalue weighted by molar-refractivity contribution is 0.540. The van der Waals surface area contributed by atoms with Gasteiger partial charge >= 0.3 is 0 Å². The molecule has 0 N–H and O–H groups in total. The molecule has 0 aliphatic carbocycles. The Morgan fingerprint density at radius 1 is 0.952 bits per heavy atom. The Labute approximate surface area is 122 Å². The van der Waals surface area contributed by atoms with E-state index in [2.05, 4.69) is 24.8 Å². The van der Waals surface area contributed by atoms with Gasteiger partial charge in [-0.1, -0.05) is 12.1 Å². The molecule has 0 unspecified atom stereocenters. The average molecular weight is 281 g/mol. The van der Waals surface area contributed by atoms with E-state index in [1.165, 1.54) is 0 Å². The molecule has 21 heavy (non-hydrogen) atoms. The zero-order valence-electron chi connectivity index (χ0n) is 11.5. The molecular formula is C15H15N5O. The van der Waals surface area contributed by atoms with Gasteiger partial charge in [-0.05, 0) is 12.1 Å². The molecule has 106 valence electrons. The second kappa shape index (κ2) is 5.05. The van der Waals surface area contributed by atoms with Gasteiger partial charge in [-0.15, -0.1) is 0 Å². The van der Waals surface area contributed by atoms with Crippen LogP contribution in [-0.4, -0.2) is 41.1 Å². The number of piperazine rings is 1. The van der Waals surface area contributed by atoms with Gasteiger partial charge in [-0.3, -0.25) is 4.98 Å². The summed E-state index contributed by atoms with van der Waals surface area (Å²) in [4.78, 5) is 17.4. The highest BCUT2D eigenvalue weighted by atomic mass is 16.4. The predicted molar refractivity (Wildman–Crippen MR) is 80.5 cm³/mol. The van der Waals surface area contributed by atoms with Crippen molar-refractivity contribution in [3.63, 3.8) is 0 Å². The molecule has 1 aliphatic rings. The quantitative estimate of drug-likeness (QED) is 0.715. The molecule has 0 amide bonds. The average Bonchev–Trinajstić information content (AvgIpc) is 3.00. The van der Waals surface area contributed by atoms with Crippen molar-refractivity contribution in [1.82, 2.24) is 15.0 Å². The number of benzene rings is 1. The summed E-state index contributed by atoms with van der Waals surface area (Å²) in [6.45, 7) is 3.50. The summed E-state index contributed by atoms with van der Waals surface area (Å²) in [7, 11) is 0. The predicted octanol–water partition coefficient (Wildman–Crippen LogP) is 1.94. The first-order valence-electron chi connectivity index (χ1n) is 7.02. The minimum absolute atomic E-state index is 0.704. The smallest absolute Gasteiger partial charge is 0.298 e. The molecule has 4 rings (SSSR count). The van der Waals surface area contributed by atoms with Crippen molar-refractivity contribution in [2.24, 2.45) is 0 Å². The van der Waals surface area contributed by atoms with Crippen molar-refractivity contribution in [2.45, 2.75) is 0 Å². The number of hydrogen-bond acceptors (Lipinski definition) is 6. The largest absolute Gasteiger partial charge is 0.423 e. The first-order valence-corrected chi connectivity index (χ1v) is 7.02. The van der Waals surface area contributed by atoms with Crippen LogP contribution in [-0.2, 0) is 0 Å². The molecule has 1 saturated heterocycles. The van der Waals surface area contributed by atoms with Crippen LogP contribution in [0.25, 0.3) is 11.1 Å². The second-order valence-corrected chi connectivity index (χ2v) is 5.00. The molecule has 1 aromatic carbocycles. The Morgan fingerprint density at radius 2 is 1.76 bits per heavy atom. The molecule has 1 aliphatic heterocycles. The van der Waals surface area contributed by atoms with E-state index in [0.29, 0.717) is 6.01 Å².